The summed E-state index contributed by atoms with van der Waals surface area (Å²) in [6.45, 7) is 1.76. The predicted molar refractivity (Wildman–Crippen MR) is 86.2 cm³/mol. The van der Waals surface area contributed by atoms with Gasteiger partial charge in [0.05, 0.1) is 11.4 Å². The van der Waals surface area contributed by atoms with Crippen molar-refractivity contribution < 1.29 is 9.18 Å². The van der Waals surface area contributed by atoms with Crippen molar-refractivity contribution in [2.75, 3.05) is 18.5 Å². The molecule has 0 bridgehead atoms. The molecule has 1 aromatic heterocycles. The minimum absolute atomic E-state index is 0.126. The van der Waals surface area contributed by atoms with Crippen LogP contribution in [0.3, 0.4) is 0 Å². The second kappa shape index (κ2) is 6.26. The Labute approximate surface area is 127 Å². The second-order valence-electron chi connectivity index (χ2n) is 4.80. The van der Waals surface area contributed by atoms with Gasteiger partial charge < -0.3 is 16.8 Å². The van der Waals surface area contributed by atoms with Crippen molar-refractivity contribution >= 4 is 22.9 Å². The minimum Gasteiger partial charge on any atom is -0.397 e. The van der Waals surface area contributed by atoms with Crippen LogP contribution in [0.5, 0.6) is 0 Å². The van der Waals surface area contributed by atoms with Crippen molar-refractivity contribution in [3.63, 3.8) is 0 Å². The molecule has 0 unspecified atom stereocenters. The number of likely N-dealkylation sites (N-methyl/N-ethyl adjacent to an activating group) is 1. The molecule has 0 aliphatic heterocycles. The smallest absolute Gasteiger partial charge is 0.244 e. The van der Waals surface area contributed by atoms with Crippen LogP contribution < -0.4 is 16.8 Å². The van der Waals surface area contributed by atoms with Gasteiger partial charge in [0, 0.05) is 24.9 Å². The molecular formula is C16H17FN4O. The number of aromatic nitrogens is 1. The molecule has 0 fully saturated rings. The average Bonchev–Trinajstić information content (AvgIpc) is 2.50. The molecule has 5 nitrogen and oxygen atoms in total. The van der Waals surface area contributed by atoms with Crippen molar-refractivity contribution in [3.05, 3.63) is 47.9 Å². The van der Waals surface area contributed by atoms with Crippen molar-refractivity contribution in [2.45, 2.75) is 6.92 Å². The fourth-order valence-corrected chi connectivity index (χ4v) is 2.04. The Morgan fingerprint density at radius 3 is 2.73 bits per heavy atom. The molecule has 1 heterocycles. The number of carbonyl (C=O) groups excluding carboxylic acids is 1. The number of amides is 1. The van der Waals surface area contributed by atoms with Crippen LogP contribution in [0, 0.1) is 5.82 Å². The van der Waals surface area contributed by atoms with Gasteiger partial charge in [0.15, 0.2) is 0 Å². The van der Waals surface area contributed by atoms with Gasteiger partial charge in [0.2, 0.25) is 5.91 Å². The van der Waals surface area contributed by atoms with Crippen LogP contribution in [0.15, 0.2) is 36.5 Å². The van der Waals surface area contributed by atoms with Gasteiger partial charge in [0.25, 0.3) is 0 Å². The van der Waals surface area contributed by atoms with Gasteiger partial charge in [-0.2, -0.15) is 0 Å². The standard InChI is InChI=1S/C16H17FN4O/c1-9(6-14(22)20-2)10-7-11(15(19)13(18)8-10)16-12(17)4-3-5-21-16/h3-8H,18-19H2,1-2H3,(H,20,22). The molecule has 22 heavy (non-hydrogen) atoms. The number of pyridine rings is 1. The summed E-state index contributed by atoms with van der Waals surface area (Å²) in [5, 5.41) is 2.50. The average molecular weight is 300 g/mol. The number of halogens is 1. The topological polar surface area (TPSA) is 94.0 Å². The number of carbonyl (C=O) groups is 1. The number of anilines is 2. The summed E-state index contributed by atoms with van der Waals surface area (Å²) in [7, 11) is 1.54. The Kier molecular flexibility index (Phi) is 4.41. The van der Waals surface area contributed by atoms with Crippen molar-refractivity contribution in [1.82, 2.24) is 10.3 Å². The molecule has 0 aliphatic carbocycles. The first kappa shape index (κ1) is 15.5. The number of nitrogens with zero attached hydrogens (tertiary/aromatic N) is 1. The quantitative estimate of drug-likeness (QED) is 0.598. The van der Waals surface area contributed by atoms with Crippen LogP contribution >= 0.6 is 0 Å². The third-order valence-corrected chi connectivity index (χ3v) is 3.27. The Morgan fingerprint density at radius 2 is 2.09 bits per heavy atom. The van der Waals surface area contributed by atoms with E-state index in [-0.39, 0.29) is 17.3 Å². The molecular weight excluding hydrogens is 283 g/mol. The second-order valence-corrected chi connectivity index (χ2v) is 4.80. The molecule has 2 aromatic rings. The minimum atomic E-state index is -0.487. The molecule has 1 amide bonds. The summed E-state index contributed by atoms with van der Waals surface area (Å²) < 4.78 is 13.9. The molecule has 0 saturated carbocycles. The van der Waals surface area contributed by atoms with Gasteiger partial charge >= 0.3 is 0 Å². The normalized spacial score (nSPS) is 11.3. The number of nitrogens with two attached hydrogens (primary N) is 2. The maximum absolute atomic E-state index is 13.9. The first-order valence-corrected chi connectivity index (χ1v) is 6.64. The zero-order valence-corrected chi connectivity index (χ0v) is 12.4. The van der Waals surface area contributed by atoms with Gasteiger partial charge in [-0.1, -0.05) is 0 Å². The largest absolute Gasteiger partial charge is 0.397 e. The lowest BCUT2D eigenvalue weighted by Gasteiger charge is -2.12. The summed E-state index contributed by atoms with van der Waals surface area (Å²) >= 11 is 0. The van der Waals surface area contributed by atoms with E-state index in [4.69, 9.17) is 11.5 Å². The van der Waals surface area contributed by atoms with Crippen LogP contribution in [0.1, 0.15) is 12.5 Å². The van der Waals surface area contributed by atoms with Gasteiger partial charge in [-0.05, 0) is 42.3 Å². The molecule has 2 rings (SSSR count). The van der Waals surface area contributed by atoms with E-state index in [0.717, 1.165) is 0 Å². The van der Waals surface area contributed by atoms with Crippen LogP contribution in [-0.2, 0) is 4.79 Å². The molecule has 0 aliphatic rings. The number of nitrogens with one attached hydrogen (secondary N) is 1. The molecule has 1 aromatic carbocycles. The molecule has 0 atom stereocenters. The van der Waals surface area contributed by atoms with Crippen molar-refractivity contribution in [1.29, 1.82) is 0 Å². The number of nitrogen functional groups attached to an aromatic ring is 2. The number of allylic oxidation sites excluding steroid dienone is 1. The van der Waals surface area contributed by atoms with Crippen molar-refractivity contribution in [3.8, 4) is 11.3 Å². The molecule has 0 radical (unpaired) electrons. The van der Waals surface area contributed by atoms with Gasteiger partial charge in [-0.3, -0.25) is 9.78 Å². The Bertz CT molecular complexity index is 756. The highest BCUT2D eigenvalue weighted by molar-refractivity contribution is 5.96. The first-order chi connectivity index (χ1) is 10.4. The lowest BCUT2D eigenvalue weighted by Crippen LogP contribution is -2.14. The predicted octanol–water partition coefficient (Wildman–Crippen LogP) is 2.20. The number of hydrogen-bond acceptors (Lipinski definition) is 4. The van der Waals surface area contributed by atoms with Gasteiger partial charge in [-0.15, -0.1) is 0 Å². The van der Waals surface area contributed by atoms with E-state index >= 15 is 0 Å². The Morgan fingerprint density at radius 1 is 1.36 bits per heavy atom. The van der Waals surface area contributed by atoms with E-state index in [2.05, 4.69) is 10.3 Å². The number of rotatable bonds is 3. The van der Waals surface area contributed by atoms with E-state index < -0.39 is 5.82 Å². The van der Waals surface area contributed by atoms with E-state index in [9.17, 15) is 9.18 Å². The molecule has 0 saturated heterocycles. The highest BCUT2D eigenvalue weighted by atomic mass is 19.1. The summed E-state index contributed by atoms with van der Waals surface area (Å²) in [4.78, 5) is 15.5. The zero-order valence-electron chi connectivity index (χ0n) is 12.4. The maximum atomic E-state index is 13.9. The SMILES string of the molecule is CNC(=O)C=C(C)c1cc(N)c(N)c(-c2ncccc2F)c1. The maximum Gasteiger partial charge on any atom is 0.244 e. The third kappa shape index (κ3) is 3.06. The molecule has 114 valence electrons. The zero-order chi connectivity index (χ0) is 16.3. The molecule has 5 N–H and O–H groups in total. The number of benzene rings is 1. The highest BCUT2D eigenvalue weighted by Gasteiger charge is 2.14. The fraction of sp³-hybridized carbons (Fsp3) is 0.125. The van der Waals surface area contributed by atoms with E-state index in [1.165, 1.54) is 31.5 Å². The Hall–Kier alpha value is -2.89. The molecule has 0 spiro atoms. The monoisotopic (exact) mass is 300 g/mol. The summed E-state index contributed by atoms with van der Waals surface area (Å²) in [5.74, 6) is -0.725. The third-order valence-electron chi connectivity index (χ3n) is 3.27. The lowest BCUT2D eigenvalue weighted by atomic mass is 9.99. The summed E-state index contributed by atoms with van der Waals surface area (Å²) in [6, 6.07) is 6.12. The van der Waals surface area contributed by atoms with Crippen LogP contribution in [0.4, 0.5) is 15.8 Å². The lowest BCUT2D eigenvalue weighted by molar-refractivity contribution is -0.116. The highest BCUT2D eigenvalue weighted by Crippen LogP contribution is 2.34. The van der Waals surface area contributed by atoms with Crippen LogP contribution in [0.2, 0.25) is 0 Å². The number of hydrogen-bond donors (Lipinski definition) is 3. The fourth-order valence-electron chi connectivity index (χ4n) is 2.04. The van der Waals surface area contributed by atoms with E-state index in [1.54, 1.807) is 19.1 Å². The van der Waals surface area contributed by atoms with E-state index in [1.807, 2.05) is 0 Å². The molecule has 6 heteroatoms. The summed E-state index contributed by atoms with van der Waals surface area (Å²) in [5.41, 5.74) is 14.3. The Balaban J connectivity index is 2.60. The van der Waals surface area contributed by atoms with Gasteiger partial charge in [0.1, 0.15) is 11.5 Å². The van der Waals surface area contributed by atoms with Crippen LogP contribution in [-0.4, -0.2) is 17.9 Å². The van der Waals surface area contributed by atoms with Crippen LogP contribution in [0.25, 0.3) is 16.8 Å². The summed E-state index contributed by atoms with van der Waals surface area (Å²) in [6.07, 6.45) is 2.91. The first-order valence-electron chi connectivity index (χ1n) is 6.64. The van der Waals surface area contributed by atoms with E-state index in [0.29, 0.717) is 22.4 Å². The van der Waals surface area contributed by atoms with Gasteiger partial charge in [-0.25, -0.2) is 4.39 Å². The van der Waals surface area contributed by atoms with Crippen molar-refractivity contribution in [2.24, 2.45) is 0 Å².